The summed E-state index contributed by atoms with van der Waals surface area (Å²) in [4.78, 5) is 6.79. The van der Waals surface area contributed by atoms with Crippen molar-refractivity contribution in [2.75, 3.05) is 19.8 Å². The van der Waals surface area contributed by atoms with Gasteiger partial charge in [-0.1, -0.05) is 36.6 Å². The molecule has 2 aliphatic rings. The van der Waals surface area contributed by atoms with Crippen molar-refractivity contribution >= 4 is 0 Å². The van der Waals surface area contributed by atoms with Gasteiger partial charge in [-0.25, -0.2) is 4.39 Å². The first-order valence-corrected chi connectivity index (χ1v) is 10.8. The van der Waals surface area contributed by atoms with Crippen LogP contribution in [0.5, 0.6) is 5.75 Å². The average Bonchev–Trinajstić information content (AvgIpc) is 3.41. The van der Waals surface area contributed by atoms with Crippen LogP contribution in [0.4, 0.5) is 4.39 Å². The first-order chi connectivity index (χ1) is 14.2. The van der Waals surface area contributed by atoms with Crippen LogP contribution in [0.15, 0.2) is 22.7 Å². The number of hydrogen-bond donors (Lipinski definition) is 1. The molecule has 1 saturated carbocycles. The van der Waals surface area contributed by atoms with E-state index in [1.165, 1.54) is 31.7 Å². The molecule has 6 nitrogen and oxygen atoms in total. The largest absolute Gasteiger partial charge is 0.505 e. The normalized spacial score (nSPS) is 21.1. The number of piperidine rings is 1. The molecule has 1 aliphatic heterocycles. The molecule has 1 atom stereocenters. The highest BCUT2D eigenvalue weighted by Crippen LogP contribution is 2.33. The third kappa shape index (κ3) is 5.14. The van der Waals surface area contributed by atoms with E-state index in [1.807, 2.05) is 0 Å². The fourth-order valence-corrected chi connectivity index (χ4v) is 4.46. The Morgan fingerprint density at radius 1 is 1.17 bits per heavy atom. The van der Waals surface area contributed by atoms with Crippen molar-refractivity contribution in [2.45, 2.75) is 64.0 Å². The van der Waals surface area contributed by atoms with Crippen LogP contribution in [0.2, 0.25) is 0 Å². The summed E-state index contributed by atoms with van der Waals surface area (Å²) < 4.78 is 25.0. The van der Waals surface area contributed by atoms with E-state index in [-0.39, 0.29) is 11.8 Å². The second-order valence-electron chi connectivity index (χ2n) is 8.25. The van der Waals surface area contributed by atoms with Crippen molar-refractivity contribution in [1.29, 1.82) is 0 Å². The molecule has 0 spiro atoms. The molecular weight excluding hydrogens is 373 g/mol. The Morgan fingerprint density at radius 3 is 2.86 bits per heavy atom. The summed E-state index contributed by atoms with van der Waals surface area (Å²) in [5, 5.41) is 14.2. The number of phenolic OH excluding ortho intramolecular Hbond substituents is 1. The first kappa shape index (κ1) is 20.3. The predicted molar refractivity (Wildman–Crippen MR) is 106 cm³/mol. The van der Waals surface area contributed by atoms with Gasteiger partial charge in [-0.3, -0.25) is 4.90 Å². The van der Waals surface area contributed by atoms with Crippen LogP contribution in [0.1, 0.15) is 68.3 Å². The SMILES string of the molecule is Oc1c(F)cccc1CN1CCCCC1c1nc(CCOCC2CCCC2)no1. The summed E-state index contributed by atoms with van der Waals surface area (Å²) in [5.41, 5.74) is 0.581. The molecule has 1 N–H and O–H groups in total. The van der Waals surface area contributed by atoms with E-state index >= 15 is 0 Å². The van der Waals surface area contributed by atoms with Gasteiger partial charge < -0.3 is 14.4 Å². The minimum atomic E-state index is -0.589. The topological polar surface area (TPSA) is 71.6 Å². The van der Waals surface area contributed by atoms with Gasteiger partial charge in [0, 0.05) is 25.1 Å². The molecule has 1 aromatic carbocycles. The highest BCUT2D eigenvalue weighted by atomic mass is 19.1. The van der Waals surface area contributed by atoms with Gasteiger partial charge in [0.2, 0.25) is 5.89 Å². The highest BCUT2D eigenvalue weighted by molar-refractivity contribution is 5.33. The number of ether oxygens (including phenoxy) is 1. The Balaban J connectivity index is 1.34. The Labute approximate surface area is 171 Å². The maximum absolute atomic E-state index is 13.7. The molecular formula is C22H30FN3O3. The zero-order valence-corrected chi connectivity index (χ0v) is 16.9. The molecule has 1 aromatic heterocycles. The van der Waals surface area contributed by atoms with Gasteiger partial charge in [-0.05, 0) is 44.2 Å². The molecule has 29 heavy (non-hydrogen) atoms. The summed E-state index contributed by atoms with van der Waals surface area (Å²) >= 11 is 0. The smallest absolute Gasteiger partial charge is 0.244 e. The van der Waals surface area contributed by atoms with E-state index in [1.54, 1.807) is 12.1 Å². The zero-order chi connectivity index (χ0) is 20.1. The molecule has 1 unspecified atom stereocenters. The Morgan fingerprint density at radius 2 is 2.00 bits per heavy atom. The van der Waals surface area contributed by atoms with E-state index in [9.17, 15) is 9.50 Å². The van der Waals surface area contributed by atoms with Crippen molar-refractivity contribution in [3.63, 3.8) is 0 Å². The molecule has 2 fully saturated rings. The Hall–Kier alpha value is -1.99. The van der Waals surface area contributed by atoms with Gasteiger partial charge in [0.1, 0.15) is 0 Å². The summed E-state index contributed by atoms with van der Waals surface area (Å²) in [6, 6.07) is 4.64. The van der Waals surface area contributed by atoms with Crippen LogP contribution in [0.25, 0.3) is 0 Å². The monoisotopic (exact) mass is 403 g/mol. The highest BCUT2D eigenvalue weighted by Gasteiger charge is 2.29. The van der Waals surface area contributed by atoms with E-state index in [4.69, 9.17) is 9.26 Å². The van der Waals surface area contributed by atoms with Crippen LogP contribution >= 0.6 is 0 Å². The first-order valence-electron chi connectivity index (χ1n) is 10.8. The lowest BCUT2D eigenvalue weighted by Gasteiger charge is -2.33. The molecule has 0 radical (unpaired) electrons. The molecule has 7 heteroatoms. The molecule has 1 aliphatic carbocycles. The van der Waals surface area contributed by atoms with Crippen molar-refractivity contribution in [3.05, 3.63) is 41.3 Å². The van der Waals surface area contributed by atoms with Crippen molar-refractivity contribution in [1.82, 2.24) is 15.0 Å². The van der Waals surface area contributed by atoms with Gasteiger partial charge in [0.05, 0.1) is 12.6 Å². The van der Waals surface area contributed by atoms with Crippen LogP contribution in [0, 0.1) is 11.7 Å². The van der Waals surface area contributed by atoms with Gasteiger partial charge in [-0.2, -0.15) is 4.98 Å². The zero-order valence-electron chi connectivity index (χ0n) is 16.9. The number of para-hydroxylation sites is 1. The molecule has 4 rings (SSSR count). The van der Waals surface area contributed by atoms with Gasteiger partial charge >= 0.3 is 0 Å². The van der Waals surface area contributed by atoms with Crippen LogP contribution in [0.3, 0.4) is 0 Å². The second-order valence-corrected chi connectivity index (χ2v) is 8.25. The number of likely N-dealkylation sites (tertiary alicyclic amines) is 1. The summed E-state index contributed by atoms with van der Waals surface area (Å²) in [6.07, 6.45) is 8.92. The quantitative estimate of drug-likeness (QED) is 0.659. The maximum atomic E-state index is 13.7. The van der Waals surface area contributed by atoms with E-state index in [0.29, 0.717) is 42.8 Å². The van der Waals surface area contributed by atoms with Crippen molar-refractivity contribution in [2.24, 2.45) is 5.92 Å². The van der Waals surface area contributed by atoms with Crippen LogP contribution in [-0.4, -0.2) is 39.9 Å². The fourth-order valence-electron chi connectivity index (χ4n) is 4.46. The summed E-state index contributed by atoms with van der Waals surface area (Å²) in [6.45, 7) is 2.75. The third-order valence-electron chi connectivity index (χ3n) is 6.12. The molecule has 0 bridgehead atoms. The lowest BCUT2D eigenvalue weighted by Crippen LogP contribution is -2.33. The Kier molecular flexibility index (Phi) is 6.77. The maximum Gasteiger partial charge on any atom is 0.244 e. The molecule has 0 amide bonds. The number of rotatable bonds is 8. The number of phenols is 1. The second kappa shape index (κ2) is 9.67. The van der Waals surface area contributed by atoms with Crippen molar-refractivity contribution < 1.29 is 18.8 Å². The number of nitrogens with zero attached hydrogens (tertiary/aromatic N) is 3. The predicted octanol–water partition coefficient (Wildman–Crippen LogP) is 4.39. The average molecular weight is 403 g/mol. The number of benzene rings is 1. The molecule has 158 valence electrons. The lowest BCUT2D eigenvalue weighted by atomic mass is 10.0. The summed E-state index contributed by atoms with van der Waals surface area (Å²) in [7, 11) is 0. The minimum Gasteiger partial charge on any atom is -0.505 e. The number of hydrogen-bond acceptors (Lipinski definition) is 6. The fraction of sp³-hybridized carbons (Fsp3) is 0.636. The number of aromatic nitrogens is 2. The van der Waals surface area contributed by atoms with E-state index in [2.05, 4.69) is 15.0 Å². The number of halogens is 1. The number of aromatic hydroxyl groups is 1. The standard InChI is InChI=1S/C22H30FN3O3/c23-18-9-5-8-17(21(18)27)14-26-12-4-3-10-19(26)22-24-20(25-29-22)11-13-28-15-16-6-1-2-7-16/h5,8-9,16,19,27H,1-4,6-7,10-15H2. The van der Waals surface area contributed by atoms with E-state index in [0.717, 1.165) is 32.4 Å². The van der Waals surface area contributed by atoms with Gasteiger partial charge in [-0.15, -0.1) is 0 Å². The van der Waals surface area contributed by atoms with E-state index < -0.39 is 5.82 Å². The van der Waals surface area contributed by atoms with Crippen molar-refractivity contribution in [3.8, 4) is 5.75 Å². The molecule has 1 saturated heterocycles. The molecule has 2 heterocycles. The third-order valence-corrected chi connectivity index (χ3v) is 6.12. The summed E-state index contributed by atoms with van der Waals surface area (Å²) in [5.74, 6) is 1.12. The van der Waals surface area contributed by atoms with Crippen LogP contribution < -0.4 is 0 Å². The minimum absolute atomic E-state index is 0.00734. The molecule has 2 aromatic rings. The van der Waals surface area contributed by atoms with Gasteiger partial charge in [0.15, 0.2) is 17.4 Å². The Bertz CT molecular complexity index is 791. The van der Waals surface area contributed by atoms with Crippen LogP contribution in [-0.2, 0) is 17.7 Å². The van der Waals surface area contributed by atoms with Gasteiger partial charge in [0.25, 0.3) is 0 Å². The lowest BCUT2D eigenvalue weighted by molar-refractivity contribution is 0.102.